The fraction of sp³-hybridized carbons (Fsp3) is 0.214. The van der Waals surface area contributed by atoms with Crippen LogP contribution in [0.15, 0.2) is 18.2 Å². The van der Waals surface area contributed by atoms with E-state index in [1.54, 1.807) is 6.92 Å². The van der Waals surface area contributed by atoms with Crippen molar-refractivity contribution in [3.8, 4) is 0 Å². The summed E-state index contributed by atoms with van der Waals surface area (Å²) in [4.78, 5) is 27.7. The highest BCUT2D eigenvalue weighted by molar-refractivity contribution is 6.06. The van der Waals surface area contributed by atoms with Gasteiger partial charge in [-0.2, -0.15) is 0 Å². The molecule has 0 atom stereocenters. The van der Waals surface area contributed by atoms with E-state index in [-0.39, 0.29) is 11.3 Å². The number of nitrogens with zero attached hydrogens (tertiary/aromatic N) is 1. The van der Waals surface area contributed by atoms with Crippen LogP contribution in [0.3, 0.4) is 0 Å². The molecule has 0 saturated heterocycles. The Balaban J connectivity index is 2.86. The van der Waals surface area contributed by atoms with Gasteiger partial charge in [-0.3, -0.25) is 0 Å². The fourth-order valence-electron chi connectivity index (χ4n) is 1.99. The van der Waals surface area contributed by atoms with E-state index in [1.807, 2.05) is 0 Å². The van der Waals surface area contributed by atoms with Crippen molar-refractivity contribution in [3.63, 3.8) is 0 Å². The average Bonchev–Trinajstić information content (AvgIpc) is 2.46. The molecule has 0 saturated carbocycles. The van der Waals surface area contributed by atoms with Gasteiger partial charge in [-0.05, 0) is 30.7 Å². The highest BCUT2D eigenvalue weighted by Gasteiger charge is 2.24. The van der Waals surface area contributed by atoms with E-state index in [4.69, 9.17) is 0 Å². The van der Waals surface area contributed by atoms with Crippen molar-refractivity contribution >= 4 is 22.8 Å². The van der Waals surface area contributed by atoms with Gasteiger partial charge >= 0.3 is 11.9 Å². The summed E-state index contributed by atoms with van der Waals surface area (Å²) in [5, 5.41) is 0.443. The van der Waals surface area contributed by atoms with Crippen LogP contribution in [0.1, 0.15) is 26.4 Å². The molecule has 0 aliphatic rings. The number of rotatable bonds is 2. The van der Waals surface area contributed by atoms with Crippen LogP contribution in [0.2, 0.25) is 0 Å². The molecule has 0 unspecified atom stereocenters. The Bertz CT molecular complexity index is 712. The molecule has 0 radical (unpaired) electrons. The molecule has 0 aliphatic heterocycles. The maximum Gasteiger partial charge on any atom is 0.357 e. The lowest BCUT2D eigenvalue weighted by atomic mass is 10.0. The molecule has 2 aromatic rings. The zero-order valence-electron chi connectivity index (χ0n) is 11.2. The van der Waals surface area contributed by atoms with Gasteiger partial charge in [-0.15, -0.1) is 0 Å². The zero-order chi connectivity index (χ0) is 14.9. The molecule has 0 N–H and O–H groups in total. The van der Waals surface area contributed by atoms with E-state index in [0.29, 0.717) is 16.5 Å². The number of hydrogen-bond acceptors (Lipinski definition) is 5. The Labute approximate surface area is 114 Å². The van der Waals surface area contributed by atoms with Crippen LogP contribution in [0.25, 0.3) is 10.9 Å². The summed E-state index contributed by atoms with van der Waals surface area (Å²) in [5.41, 5.74) is 0.659. The van der Waals surface area contributed by atoms with Crippen molar-refractivity contribution in [2.24, 2.45) is 0 Å². The summed E-state index contributed by atoms with van der Waals surface area (Å²) in [6.45, 7) is 1.60. The molecule has 20 heavy (non-hydrogen) atoms. The molecule has 5 nitrogen and oxygen atoms in total. The Morgan fingerprint density at radius 1 is 1.15 bits per heavy atom. The molecule has 104 valence electrons. The van der Waals surface area contributed by atoms with Crippen LogP contribution in [-0.2, 0) is 9.47 Å². The minimum atomic E-state index is -0.750. The molecule has 0 bridgehead atoms. The number of pyridine rings is 1. The van der Waals surface area contributed by atoms with E-state index >= 15 is 0 Å². The minimum Gasteiger partial charge on any atom is -0.465 e. The molecule has 6 heteroatoms. The summed E-state index contributed by atoms with van der Waals surface area (Å²) in [7, 11) is 2.38. The second kappa shape index (κ2) is 5.24. The standard InChI is InChI=1S/C14H12FNO4/c1-7-9-6-8(15)4-5-10(9)16-12(14(18)20-3)11(7)13(17)19-2/h4-6H,1-3H3. The van der Waals surface area contributed by atoms with Gasteiger partial charge in [0.25, 0.3) is 0 Å². The lowest BCUT2D eigenvalue weighted by Crippen LogP contribution is -2.16. The van der Waals surface area contributed by atoms with Gasteiger partial charge < -0.3 is 9.47 Å². The van der Waals surface area contributed by atoms with E-state index in [1.165, 1.54) is 32.4 Å². The van der Waals surface area contributed by atoms with Crippen LogP contribution in [-0.4, -0.2) is 31.1 Å². The van der Waals surface area contributed by atoms with Crippen LogP contribution in [0.4, 0.5) is 4.39 Å². The zero-order valence-corrected chi connectivity index (χ0v) is 11.2. The van der Waals surface area contributed by atoms with Gasteiger partial charge in [0.2, 0.25) is 0 Å². The molecule has 2 rings (SSSR count). The van der Waals surface area contributed by atoms with Crippen molar-refractivity contribution < 1.29 is 23.5 Å². The topological polar surface area (TPSA) is 65.5 Å². The number of esters is 2. The van der Waals surface area contributed by atoms with E-state index in [9.17, 15) is 14.0 Å². The normalized spacial score (nSPS) is 10.4. The Hall–Kier alpha value is -2.50. The summed E-state index contributed by atoms with van der Waals surface area (Å²) in [6.07, 6.45) is 0. The van der Waals surface area contributed by atoms with E-state index < -0.39 is 17.8 Å². The van der Waals surface area contributed by atoms with Gasteiger partial charge in [-0.25, -0.2) is 19.0 Å². The number of ether oxygens (including phenoxy) is 2. The average molecular weight is 277 g/mol. The lowest BCUT2D eigenvalue weighted by Gasteiger charge is -2.11. The number of benzene rings is 1. The lowest BCUT2D eigenvalue weighted by molar-refractivity contribution is 0.0549. The molecule has 1 aromatic carbocycles. The summed E-state index contributed by atoms with van der Waals surface area (Å²) in [5.74, 6) is -1.93. The van der Waals surface area contributed by atoms with Gasteiger partial charge in [0.15, 0.2) is 5.69 Å². The van der Waals surface area contributed by atoms with Gasteiger partial charge in [-0.1, -0.05) is 0 Å². The SMILES string of the molecule is COC(=O)c1nc2ccc(F)cc2c(C)c1C(=O)OC. The van der Waals surface area contributed by atoms with Crippen molar-refractivity contribution in [1.29, 1.82) is 0 Å². The number of methoxy groups -OCH3 is 2. The number of halogens is 1. The molecule has 1 heterocycles. The number of carbonyl (C=O) groups excluding carboxylic acids is 2. The maximum absolute atomic E-state index is 13.3. The highest BCUT2D eigenvalue weighted by Crippen LogP contribution is 2.25. The molecule has 0 fully saturated rings. The summed E-state index contributed by atoms with van der Waals surface area (Å²) >= 11 is 0. The first-order chi connectivity index (χ1) is 9.49. The first-order valence-corrected chi connectivity index (χ1v) is 5.76. The van der Waals surface area contributed by atoms with E-state index in [0.717, 1.165) is 0 Å². The summed E-state index contributed by atoms with van der Waals surface area (Å²) in [6, 6.07) is 3.92. The molecular weight excluding hydrogens is 265 g/mol. The molecule has 0 amide bonds. The predicted octanol–water partition coefficient (Wildman–Crippen LogP) is 2.26. The van der Waals surface area contributed by atoms with Crippen LogP contribution >= 0.6 is 0 Å². The first kappa shape index (κ1) is 13.9. The van der Waals surface area contributed by atoms with E-state index in [2.05, 4.69) is 14.5 Å². The van der Waals surface area contributed by atoms with Crippen LogP contribution < -0.4 is 0 Å². The second-order valence-corrected chi connectivity index (χ2v) is 4.11. The predicted molar refractivity (Wildman–Crippen MR) is 69.1 cm³/mol. The maximum atomic E-state index is 13.3. The van der Waals surface area contributed by atoms with Crippen molar-refractivity contribution in [2.75, 3.05) is 14.2 Å². The number of hydrogen-bond donors (Lipinski definition) is 0. The Morgan fingerprint density at radius 3 is 2.40 bits per heavy atom. The Morgan fingerprint density at radius 2 is 1.80 bits per heavy atom. The third-order valence-corrected chi connectivity index (χ3v) is 2.97. The third kappa shape index (κ3) is 2.20. The number of aromatic nitrogens is 1. The van der Waals surface area contributed by atoms with Gasteiger partial charge in [0.1, 0.15) is 5.82 Å². The largest absolute Gasteiger partial charge is 0.465 e. The molecular formula is C14H12FNO4. The second-order valence-electron chi connectivity index (χ2n) is 4.11. The van der Waals surface area contributed by atoms with Crippen LogP contribution in [0, 0.1) is 12.7 Å². The quantitative estimate of drug-likeness (QED) is 0.788. The van der Waals surface area contributed by atoms with Gasteiger partial charge in [0.05, 0.1) is 25.3 Å². The van der Waals surface area contributed by atoms with Gasteiger partial charge in [0, 0.05) is 5.39 Å². The fourth-order valence-corrected chi connectivity index (χ4v) is 1.99. The Kier molecular flexibility index (Phi) is 3.65. The summed E-state index contributed by atoms with van der Waals surface area (Å²) < 4.78 is 22.6. The minimum absolute atomic E-state index is 0.0162. The van der Waals surface area contributed by atoms with Crippen molar-refractivity contribution in [2.45, 2.75) is 6.92 Å². The van der Waals surface area contributed by atoms with Crippen molar-refractivity contribution in [3.05, 3.63) is 40.8 Å². The molecule has 1 aromatic heterocycles. The third-order valence-electron chi connectivity index (χ3n) is 2.97. The van der Waals surface area contributed by atoms with Crippen LogP contribution in [0.5, 0.6) is 0 Å². The smallest absolute Gasteiger partial charge is 0.357 e. The monoisotopic (exact) mass is 277 g/mol. The van der Waals surface area contributed by atoms with Crippen molar-refractivity contribution in [1.82, 2.24) is 4.98 Å². The number of fused-ring (bicyclic) bond motifs is 1. The molecule has 0 aliphatic carbocycles. The molecule has 0 spiro atoms. The number of carbonyl (C=O) groups is 2. The highest BCUT2D eigenvalue weighted by atomic mass is 19.1. The first-order valence-electron chi connectivity index (χ1n) is 5.76. The number of aryl methyl sites for hydroxylation is 1.